The summed E-state index contributed by atoms with van der Waals surface area (Å²) in [6.45, 7) is 2.19. The molecule has 6 heteroatoms. The molecule has 1 heterocycles. The monoisotopic (exact) mass is 398 g/mol. The van der Waals surface area contributed by atoms with E-state index >= 15 is 0 Å². The number of phenols is 3. The molecular weight excluding hydrogens is 372 g/mol. The van der Waals surface area contributed by atoms with Crippen molar-refractivity contribution in [2.24, 2.45) is 0 Å². The molecule has 3 rings (SSSR count). The van der Waals surface area contributed by atoms with Crippen LogP contribution in [0.2, 0.25) is 0 Å². The Balaban J connectivity index is 1.90. The number of benzene rings is 2. The summed E-state index contributed by atoms with van der Waals surface area (Å²) in [5.74, 6) is -2.65. The van der Waals surface area contributed by atoms with Crippen LogP contribution in [0.3, 0.4) is 0 Å². The van der Waals surface area contributed by atoms with Crippen LogP contribution in [-0.2, 0) is 6.42 Å². The number of hydrogen-bond acceptors (Lipinski definition) is 6. The predicted molar refractivity (Wildman–Crippen MR) is 112 cm³/mol. The van der Waals surface area contributed by atoms with Crippen molar-refractivity contribution in [1.29, 1.82) is 0 Å². The second-order valence-electron chi connectivity index (χ2n) is 7.32. The summed E-state index contributed by atoms with van der Waals surface area (Å²) in [6.07, 6.45) is 7.99. The van der Waals surface area contributed by atoms with Crippen LogP contribution in [0.1, 0.15) is 51.0 Å². The van der Waals surface area contributed by atoms with E-state index in [9.17, 15) is 25.2 Å². The van der Waals surface area contributed by atoms with E-state index < -0.39 is 28.4 Å². The van der Waals surface area contributed by atoms with Crippen LogP contribution >= 0.6 is 0 Å². The summed E-state index contributed by atoms with van der Waals surface area (Å²) in [6, 6.07) is 7.51. The minimum atomic E-state index is -0.683. The summed E-state index contributed by atoms with van der Waals surface area (Å²) < 4.78 is 5.76. The lowest BCUT2D eigenvalue weighted by Gasteiger charge is -2.09. The normalized spacial score (nSPS) is 11.2. The van der Waals surface area contributed by atoms with Crippen LogP contribution in [0.4, 0.5) is 0 Å². The van der Waals surface area contributed by atoms with Crippen molar-refractivity contribution in [3.8, 4) is 34.3 Å². The molecule has 6 nitrogen and oxygen atoms in total. The average Bonchev–Trinajstić information content (AvgIpc) is 2.71. The van der Waals surface area contributed by atoms with Gasteiger partial charge in [0.1, 0.15) is 5.58 Å². The van der Waals surface area contributed by atoms with Gasteiger partial charge in [-0.25, -0.2) is 0 Å². The first-order valence-corrected chi connectivity index (χ1v) is 9.96. The minimum Gasteiger partial charge on any atom is -0.504 e. The summed E-state index contributed by atoms with van der Waals surface area (Å²) in [7, 11) is 0. The maximum absolute atomic E-state index is 12.5. The number of rotatable bonds is 8. The van der Waals surface area contributed by atoms with Crippen LogP contribution in [0, 0.1) is 0 Å². The first kappa shape index (κ1) is 20.6. The first-order chi connectivity index (χ1) is 13.9. The molecule has 0 amide bonds. The highest BCUT2D eigenvalue weighted by atomic mass is 16.4. The van der Waals surface area contributed by atoms with Crippen LogP contribution < -0.4 is 5.43 Å². The van der Waals surface area contributed by atoms with E-state index in [4.69, 9.17) is 4.42 Å². The highest BCUT2D eigenvalue weighted by molar-refractivity contribution is 5.83. The van der Waals surface area contributed by atoms with Gasteiger partial charge in [-0.2, -0.15) is 0 Å². The molecule has 4 N–H and O–H groups in total. The van der Waals surface area contributed by atoms with Crippen LogP contribution in [0.25, 0.3) is 22.3 Å². The van der Waals surface area contributed by atoms with Gasteiger partial charge in [-0.05, 0) is 42.7 Å². The van der Waals surface area contributed by atoms with E-state index in [1.165, 1.54) is 25.7 Å². The summed E-state index contributed by atoms with van der Waals surface area (Å²) in [5, 5.41) is 39.5. The third-order valence-corrected chi connectivity index (χ3v) is 5.08. The van der Waals surface area contributed by atoms with Crippen LogP contribution in [-0.4, -0.2) is 20.4 Å². The van der Waals surface area contributed by atoms with Crippen molar-refractivity contribution in [2.75, 3.05) is 0 Å². The molecule has 0 bridgehead atoms. The fraction of sp³-hybridized carbons (Fsp3) is 0.348. The van der Waals surface area contributed by atoms with Gasteiger partial charge in [0.2, 0.25) is 11.2 Å². The number of phenolic OH excluding ortho intramolecular Hbond substituents is 3. The van der Waals surface area contributed by atoms with Gasteiger partial charge in [0.05, 0.1) is 5.39 Å². The third-order valence-electron chi connectivity index (χ3n) is 5.08. The van der Waals surface area contributed by atoms with E-state index in [1.54, 1.807) is 12.1 Å². The molecule has 0 aliphatic rings. The minimum absolute atomic E-state index is 0.0793. The Hall–Kier alpha value is -3.15. The van der Waals surface area contributed by atoms with Crippen LogP contribution in [0.15, 0.2) is 39.5 Å². The molecule has 0 atom stereocenters. The Morgan fingerprint density at radius 3 is 2.17 bits per heavy atom. The standard InChI is InChI=1S/C23H26O6/c1-2-3-4-5-6-7-8-14-9-10-16-19(11-14)29-23(22(28)20(16)26)15-12-17(24)21(27)18(25)13-15/h9-13,24-25,27-28H,2-8H2,1H3. The highest BCUT2D eigenvalue weighted by Crippen LogP contribution is 2.41. The van der Waals surface area contributed by atoms with E-state index in [1.807, 2.05) is 6.07 Å². The zero-order valence-electron chi connectivity index (χ0n) is 16.4. The lowest BCUT2D eigenvalue weighted by Crippen LogP contribution is -2.03. The molecule has 0 radical (unpaired) electrons. The van der Waals surface area contributed by atoms with Gasteiger partial charge in [-0.15, -0.1) is 0 Å². The maximum atomic E-state index is 12.5. The molecule has 0 spiro atoms. The predicted octanol–water partition coefficient (Wildman–Crippen LogP) is 5.19. The van der Waals surface area contributed by atoms with Crippen molar-refractivity contribution >= 4 is 11.0 Å². The largest absolute Gasteiger partial charge is 0.504 e. The Morgan fingerprint density at radius 2 is 1.48 bits per heavy atom. The molecule has 154 valence electrons. The molecule has 0 aliphatic heterocycles. The fourth-order valence-corrected chi connectivity index (χ4v) is 3.42. The molecule has 0 fully saturated rings. The number of fused-ring (bicyclic) bond motifs is 1. The maximum Gasteiger partial charge on any atom is 0.235 e. The molecular formula is C23H26O6. The molecule has 2 aromatic carbocycles. The summed E-state index contributed by atoms with van der Waals surface area (Å²) >= 11 is 0. The van der Waals surface area contributed by atoms with Crippen molar-refractivity contribution < 1.29 is 24.8 Å². The van der Waals surface area contributed by atoms with Gasteiger partial charge >= 0.3 is 0 Å². The van der Waals surface area contributed by atoms with Crippen molar-refractivity contribution in [3.05, 3.63) is 46.1 Å². The molecule has 1 aromatic heterocycles. The number of hydrogen-bond donors (Lipinski definition) is 4. The topological polar surface area (TPSA) is 111 Å². The Kier molecular flexibility index (Phi) is 6.32. The zero-order valence-corrected chi connectivity index (χ0v) is 16.4. The molecule has 3 aromatic rings. The van der Waals surface area contributed by atoms with Crippen molar-refractivity contribution in [3.63, 3.8) is 0 Å². The number of aromatic hydroxyl groups is 4. The first-order valence-electron chi connectivity index (χ1n) is 9.96. The van der Waals surface area contributed by atoms with Gasteiger partial charge in [0.15, 0.2) is 23.0 Å². The molecule has 29 heavy (non-hydrogen) atoms. The van der Waals surface area contributed by atoms with Gasteiger partial charge in [-0.3, -0.25) is 4.79 Å². The fourth-order valence-electron chi connectivity index (χ4n) is 3.42. The molecule has 0 saturated heterocycles. The van der Waals surface area contributed by atoms with Crippen molar-refractivity contribution in [1.82, 2.24) is 0 Å². The van der Waals surface area contributed by atoms with E-state index in [0.717, 1.165) is 37.0 Å². The third kappa shape index (κ3) is 4.47. The van der Waals surface area contributed by atoms with Gasteiger partial charge in [-0.1, -0.05) is 45.1 Å². The Labute approximate surface area is 168 Å². The zero-order chi connectivity index (χ0) is 21.0. The van der Waals surface area contributed by atoms with Crippen molar-refractivity contribution in [2.45, 2.75) is 51.9 Å². The average molecular weight is 398 g/mol. The Bertz CT molecular complexity index is 1040. The lowest BCUT2D eigenvalue weighted by molar-refractivity contribution is 0.368. The molecule has 0 saturated carbocycles. The van der Waals surface area contributed by atoms with Gasteiger partial charge in [0, 0.05) is 5.56 Å². The number of unbranched alkanes of at least 4 members (excludes halogenated alkanes) is 5. The summed E-state index contributed by atoms with van der Waals surface area (Å²) in [5.41, 5.74) is 0.831. The lowest BCUT2D eigenvalue weighted by atomic mass is 10.0. The van der Waals surface area contributed by atoms with Gasteiger partial charge < -0.3 is 24.8 Å². The second-order valence-corrected chi connectivity index (χ2v) is 7.32. The van der Waals surface area contributed by atoms with Crippen LogP contribution in [0.5, 0.6) is 23.0 Å². The summed E-state index contributed by atoms with van der Waals surface area (Å²) in [4.78, 5) is 12.5. The number of aryl methyl sites for hydroxylation is 1. The van der Waals surface area contributed by atoms with E-state index in [0.29, 0.717) is 5.58 Å². The second kappa shape index (κ2) is 8.90. The smallest absolute Gasteiger partial charge is 0.235 e. The van der Waals surface area contributed by atoms with E-state index in [-0.39, 0.29) is 16.7 Å². The van der Waals surface area contributed by atoms with E-state index in [2.05, 4.69) is 6.92 Å². The SMILES string of the molecule is CCCCCCCCc1ccc2c(=O)c(O)c(-c3cc(O)c(O)c(O)c3)oc2c1. The quantitative estimate of drug-likeness (QED) is 0.307. The Morgan fingerprint density at radius 1 is 0.828 bits per heavy atom. The molecule has 0 aliphatic carbocycles. The van der Waals surface area contributed by atoms with Gasteiger partial charge in [0.25, 0.3) is 0 Å². The molecule has 0 unspecified atom stereocenters. The highest BCUT2D eigenvalue weighted by Gasteiger charge is 2.18.